The van der Waals surface area contributed by atoms with Gasteiger partial charge in [-0.15, -0.1) is 0 Å². The molecule has 0 atom stereocenters. The molecule has 0 unspecified atom stereocenters. The third-order valence-electron chi connectivity index (χ3n) is 3.14. The first-order valence-corrected chi connectivity index (χ1v) is 6.25. The minimum Gasteiger partial charge on any atom is -0.496 e. The molecule has 2 rings (SSSR count). The number of methoxy groups -OCH3 is 3. The summed E-state index contributed by atoms with van der Waals surface area (Å²) in [5.41, 5.74) is 1.42. The number of rotatable bonds is 5. The molecule has 0 radical (unpaired) electrons. The lowest BCUT2D eigenvalue weighted by molar-refractivity contribution is 0.0697. The molecule has 5 heteroatoms. The van der Waals surface area contributed by atoms with Gasteiger partial charge in [-0.05, 0) is 30.3 Å². The molecule has 1 N–H and O–H groups in total. The van der Waals surface area contributed by atoms with E-state index in [4.69, 9.17) is 19.3 Å². The van der Waals surface area contributed by atoms with Crippen LogP contribution in [0.3, 0.4) is 0 Å². The highest BCUT2D eigenvalue weighted by Gasteiger charge is 2.18. The van der Waals surface area contributed by atoms with Crippen molar-refractivity contribution < 1.29 is 24.1 Å². The Kier molecular flexibility index (Phi) is 4.33. The molecule has 0 saturated carbocycles. The number of ether oxygens (including phenoxy) is 3. The number of benzene rings is 2. The lowest BCUT2D eigenvalue weighted by atomic mass is 9.99. The van der Waals surface area contributed by atoms with E-state index in [1.807, 2.05) is 0 Å². The zero-order valence-electron chi connectivity index (χ0n) is 12.0. The fourth-order valence-electron chi connectivity index (χ4n) is 2.15. The summed E-state index contributed by atoms with van der Waals surface area (Å²) in [6.07, 6.45) is 0. The van der Waals surface area contributed by atoms with Crippen LogP contribution >= 0.6 is 0 Å². The zero-order valence-corrected chi connectivity index (χ0v) is 12.0. The lowest BCUT2D eigenvalue weighted by Crippen LogP contribution is -2.00. The molecule has 0 spiro atoms. The molecule has 110 valence electrons. The Morgan fingerprint density at radius 3 is 1.95 bits per heavy atom. The molecule has 0 saturated heterocycles. The van der Waals surface area contributed by atoms with E-state index in [1.165, 1.54) is 13.2 Å². The monoisotopic (exact) mass is 288 g/mol. The second-order valence-electron chi connectivity index (χ2n) is 4.26. The van der Waals surface area contributed by atoms with Crippen LogP contribution in [0.5, 0.6) is 17.2 Å². The Hall–Kier alpha value is -2.69. The van der Waals surface area contributed by atoms with Crippen molar-refractivity contribution in [1.29, 1.82) is 0 Å². The van der Waals surface area contributed by atoms with E-state index in [0.717, 1.165) is 0 Å². The minimum atomic E-state index is -1.01. The Bertz CT molecular complexity index is 641. The molecule has 0 aliphatic rings. The Balaban J connectivity index is 2.75. The lowest BCUT2D eigenvalue weighted by Gasteiger charge is -2.16. The molecule has 21 heavy (non-hydrogen) atoms. The van der Waals surface area contributed by atoms with Crippen molar-refractivity contribution in [1.82, 2.24) is 0 Å². The first-order chi connectivity index (χ1) is 10.1. The highest BCUT2D eigenvalue weighted by Crippen LogP contribution is 2.42. The summed E-state index contributed by atoms with van der Waals surface area (Å²) < 4.78 is 16.0. The van der Waals surface area contributed by atoms with Crippen LogP contribution < -0.4 is 14.2 Å². The van der Waals surface area contributed by atoms with Crippen LogP contribution in [0.2, 0.25) is 0 Å². The topological polar surface area (TPSA) is 65.0 Å². The molecule has 0 aliphatic carbocycles. The van der Waals surface area contributed by atoms with Crippen LogP contribution in [0.15, 0.2) is 36.4 Å². The Morgan fingerprint density at radius 1 is 0.905 bits per heavy atom. The molecule has 0 aliphatic heterocycles. The van der Waals surface area contributed by atoms with Crippen LogP contribution in [0, 0.1) is 0 Å². The summed E-state index contributed by atoms with van der Waals surface area (Å²) in [6, 6.07) is 10.0. The second kappa shape index (κ2) is 6.17. The van der Waals surface area contributed by atoms with Crippen molar-refractivity contribution in [2.24, 2.45) is 0 Å². The normalized spacial score (nSPS) is 10.0. The first kappa shape index (κ1) is 14.7. The molecule has 0 amide bonds. The van der Waals surface area contributed by atoms with Gasteiger partial charge in [0.2, 0.25) is 0 Å². The maximum Gasteiger partial charge on any atom is 0.335 e. The number of carbonyl (C=O) groups is 1. The molecule has 0 aromatic heterocycles. The van der Waals surface area contributed by atoms with Gasteiger partial charge in [-0.1, -0.05) is 6.07 Å². The average molecular weight is 288 g/mol. The van der Waals surface area contributed by atoms with E-state index < -0.39 is 5.97 Å². The third kappa shape index (κ3) is 2.76. The summed E-state index contributed by atoms with van der Waals surface area (Å²) in [5, 5.41) is 9.17. The number of carboxylic acids is 1. The van der Waals surface area contributed by atoms with E-state index in [-0.39, 0.29) is 5.56 Å². The smallest absolute Gasteiger partial charge is 0.335 e. The van der Waals surface area contributed by atoms with E-state index in [9.17, 15) is 4.79 Å². The number of hydrogen-bond donors (Lipinski definition) is 1. The number of carboxylic acid groups (broad SMARTS) is 1. The molecule has 0 fully saturated rings. The number of aromatic carboxylic acids is 1. The van der Waals surface area contributed by atoms with Crippen molar-refractivity contribution in [2.75, 3.05) is 21.3 Å². The van der Waals surface area contributed by atoms with E-state index in [2.05, 4.69) is 0 Å². The fourth-order valence-corrected chi connectivity index (χ4v) is 2.15. The summed E-state index contributed by atoms with van der Waals surface area (Å²) >= 11 is 0. The molecule has 5 nitrogen and oxygen atoms in total. The van der Waals surface area contributed by atoms with Crippen molar-refractivity contribution in [3.63, 3.8) is 0 Å². The standard InChI is InChI=1S/C16H16O5/c1-19-12-8-7-10(16(17)18)9-11(12)15-13(20-2)5-4-6-14(15)21-3/h4-9H,1-3H3,(H,17,18). The molecule has 0 heterocycles. The summed E-state index contributed by atoms with van der Waals surface area (Å²) in [7, 11) is 4.62. The van der Waals surface area contributed by atoms with Crippen LogP contribution in [0.1, 0.15) is 10.4 Å². The fraction of sp³-hybridized carbons (Fsp3) is 0.188. The predicted molar refractivity (Wildman–Crippen MR) is 78.5 cm³/mol. The van der Waals surface area contributed by atoms with Crippen LogP contribution in [0.25, 0.3) is 11.1 Å². The van der Waals surface area contributed by atoms with Gasteiger partial charge in [-0.3, -0.25) is 0 Å². The van der Waals surface area contributed by atoms with Crippen molar-refractivity contribution >= 4 is 5.97 Å². The van der Waals surface area contributed by atoms with Gasteiger partial charge in [0, 0.05) is 5.56 Å². The molecule has 2 aromatic carbocycles. The molecular formula is C16H16O5. The van der Waals surface area contributed by atoms with E-state index in [0.29, 0.717) is 28.4 Å². The molecular weight excluding hydrogens is 272 g/mol. The zero-order chi connectivity index (χ0) is 15.4. The Labute approximate surface area is 122 Å². The van der Waals surface area contributed by atoms with Gasteiger partial charge < -0.3 is 19.3 Å². The van der Waals surface area contributed by atoms with E-state index >= 15 is 0 Å². The van der Waals surface area contributed by atoms with Crippen LogP contribution in [-0.4, -0.2) is 32.4 Å². The Morgan fingerprint density at radius 2 is 1.48 bits per heavy atom. The highest BCUT2D eigenvalue weighted by molar-refractivity contribution is 5.92. The number of hydrogen-bond acceptors (Lipinski definition) is 4. The van der Waals surface area contributed by atoms with Gasteiger partial charge in [0.1, 0.15) is 17.2 Å². The molecule has 2 aromatic rings. The van der Waals surface area contributed by atoms with Crippen LogP contribution in [-0.2, 0) is 0 Å². The first-order valence-electron chi connectivity index (χ1n) is 6.25. The van der Waals surface area contributed by atoms with Crippen molar-refractivity contribution in [3.8, 4) is 28.4 Å². The van der Waals surface area contributed by atoms with Crippen molar-refractivity contribution in [3.05, 3.63) is 42.0 Å². The average Bonchev–Trinajstić information content (AvgIpc) is 2.53. The third-order valence-corrected chi connectivity index (χ3v) is 3.14. The maximum atomic E-state index is 11.2. The molecule has 0 bridgehead atoms. The van der Waals surface area contributed by atoms with Crippen molar-refractivity contribution in [2.45, 2.75) is 0 Å². The van der Waals surface area contributed by atoms with Gasteiger partial charge in [-0.25, -0.2) is 4.79 Å². The van der Waals surface area contributed by atoms with E-state index in [1.54, 1.807) is 44.6 Å². The quantitative estimate of drug-likeness (QED) is 0.916. The van der Waals surface area contributed by atoms with Gasteiger partial charge in [0.15, 0.2) is 0 Å². The second-order valence-corrected chi connectivity index (χ2v) is 4.26. The maximum absolute atomic E-state index is 11.2. The SMILES string of the molecule is COc1ccc(C(=O)O)cc1-c1c(OC)cccc1OC. The highest BCUT2D eigenvalue weighted by atomic mass is 16.5. The largest absolute Gasteiger partial charge is 0.496 e. The van der Waals surface area contributed by atoms with Gasteiger partial charge in [0.05, 0.1) is 32.5 Å². The summed E-state index contributed by atoms with van der Waals surface area (Å²) in [5.74, 6) is 0.695. The van der Waals surface area contributed by atoms with Gasteiger partial charge in [-0.2, -0.15) is 0 Å². The summed E-state index contributed by atoms with van der Waals surface area (Å²) in [6.45, 7) is 0. The van der Waals surface area contributed by atoms with Gasteiger partial charge >= 0.3 is 5.97 Å². The predicted octanol–water partition coefficient (Wildman–Crippen LogP) is 3.08. The summed E-state index contributed by atoms with van der Waals surface area (Å²) in [4.78, 5) is 11.2. The van der Waals surface area contributed by atoms with Gasteiger partial charge in [0.25, 0.3) is 0 Å². The minimum absolute atomic E-state index is 0.166. The van der Waals surface area contributed by atoms with Crippen LogP contribution in [0.4, 0.5) is 0 Å².